The Bertz CT molecular complexity index is 250. The van der Waals surface area contributed by atoms with Gasteiger partial charge >= 0.3 is 0 Å². The van der Waals surface area contributed by atoms with Gasteiger partial charge in [-0.1, -0.05) is 0 Å². The summed E-state index contributed by atoms with van der Waals surface area (Å²) in [5.74, 6) is -0.131. The van der Waals surface area contributed by atoms with Crippen molar-refractivity contribution in [1.29, 1.82) is 0 Å². The highest BCUT2D eigenvalue weighted by atomic mass is 16.2. The van der Waals surface area contributed by atoms with E-state index in [1.165, 1.54) is 0 Å². The zero-order valence-corrected chi connectivity index (χ0v) is 9.40. The molecule has 0 spiro atoms. The minimum absolute atomic E-state index is 0.00173. The van der Waals surface area contributed by atoms with Gasteiger partial charge in [0.25, 0.3) is 0 Å². The average Bonchev–Trinajstić information content (AvgIpc) is 2.21. The summed E-state index contributed by atoms with van der Waals surface area (Å²) in [6.45, 7) is 2.44. The fourth-order valence-electron chi connectivity index (χ4n) is 1.14. The SMILES string of the molecule is CC(CCCN=C(N)N)NC(=O)CNC=O. The first-order chi connectivity index (χ1) is 7.56. The molecule has 0 heterocycles. The van der Waals surface area contributed by atoms with Crippen molar-refractivity contribution in [1.82, 2.24) is 10.6 Å². The third-order valence-electron chi connectivity index (χ3n) is 1.84. The van der Waals surface area contributed by atoms with Crippen molar-refractivity contribution >= 4 is 18.3 Å². The number of amides is 2. The number of guanidine groups is 1. The minimum atomic E-state index is -0.207. The molecule has 0 aromatic rings. The summed E-state index contributed by atoms with van der Waals surface area (Å²) in [4.78, 5) is 24.9. The molecule has 92 valence electrons. The Morgan fingerprint density at radius 3 is 2.75 bits per heavy atom. The van der Waals surface area contributed by atoms with Gasteiger partial charge in [0.05, 0.1) is 6.54 Å². The molecule has 0 saturated carbocycles. The molecule has 0 aromatic heterocycles. The molecule has 1 unspecified atom stereocenters. The van der Waals surface area contributed by atoms with Gasteiger partial charge in [0.15, 0.2) is 5.96 Å². The number of carbonyl (C=O) groups is 2. The quantitative estimate of drug-likeness (QED) is 0.171. The van der Waals surface area contributed by atoms with Crippen LogP contribution in [0, 0.1) is 0 Å². The molecule has 7 nitrogen and oxygen atoms in total. The third kappa shape index (κ3) is 8.79. The van der Waals surface area contributed by atoms with Gasteiger partial charge in [-0.3, -0.25) is 14.6 Å². The van der Waals surface area contributed by atoms with Crippen molar-refractivity contribution in [3.8, 4) is 0 Å². The van der Waals surface area contributed by atoms with E-state index in [0.29, 0.717) is 13.0 Å². The van der Waals surface area contributed by atoms with E-state index in [4.69, 9.17) is 11.5 Å². The van der Waals surface area contributed by atoms with Crippen molar-refractivity contribution in [3.63, 3.8) is 0 Å². The average molecular weight is 229 g/mol. The largest absolute Gasteiger partial charge is 0.370 e. The molecule has 2 amide bonds. The van der Waals surface area contributed by atoms with Crippen LogP contribution in [0.15, 0.2) is 4.99 Å². The number of nitrogens with one attached hydrogen (secondary N) is 2. The van der Waals surface area contributed by atoms with Crippen LogP contribution in [0.25, 0.3) is 0 Å². The lowest BCUT2D eigenvalue weighted by atomic mass is 10.2. The van der Waals surface area contributed by atoms with Crippen LogP contribution in [0.5, 0.6) is 0 Å². The highest BCUT2D eigenvalue weighted by Gasteiger charge is 2.05. The Labute approximate surface area is 94.7 Å². The van der Waals surface area contributed by atoms with Gasteiger partial charge in [-0.25, -0.2) is 0 Å². The second-order valence-corrected chi connectivity index (χ2v) is 3.42. The van der Waals surface area contributed by atoms with E-state index < -0.39 is 0 Å². The second-order valence-electron chi connectivity index (χ2n) is 3.42. The molecule has 0 aliphatic heterocycles. The molecule has 0 rings (SSSR count). The fourth-order valence-corrected chi connectivity index (χ4v) is 1.14. The van der Waals surface area contributed by atoms with E-state index in [2.05, 4.69) is 15.6 Å². The van der Waals surface area contributed by atoms with Crippen molar-refractivity contribution in [2.24, 2.45) is 16.5 Å². The van der Waals surface area contributed by atoms with Gasteiger partial charge in [0.2, 0.25) is 12.3 Å². The smallest absolute Gasteiger partial charge is 0.239 e. The van der Waals surface area contributed by atoms with Crippen LogP contribution >= 0.6 is 0 Å². The molecule has 0 fully saturated rings. The van der Waals surface area contributed by atoms with E-state index in [1.54, 1.807) is 0 Å². The molecule has 16 heavy (non-hydrogen) atoms. The number of carbonyl (C=O) groups excluding carboxylic acids is 2. The summed E-state index contributed by atoms with van der Waals surface area (Å²) >= 11 is 0. The maximum Gasteiger partial charge on any atom is 0.239 e. The van der Waals surface area contributed by atoms with Crippen LogP contribution < -0.4 is 22.1 Å². The van der Waals surface area contributed by atoms with Crippen LogP contribution in [0.4, 0.5) is 0 Å². The Hall–Kier alpha value is -1.79. The second kappa shape index (κ2) is 8.51. The molecule has 0 aromatic carbocycles. The summed E-state index contributed by atoms with van der Waals surface area (Å²) in [5, 5.41) is 5.02. The molecule has 0 radical (unpaired) electrons. The number of hydrogen-bond acceptors (Lipinski definition) is 3. The molecule has 6 N–H and O–H groups in total. The lowest BCUT2D eigenvalue weighted by Gasteiger charge is -2.12. The molecule has 0 aliphatic carbocycles. The first-order valence-corrected chi connectivity index (χ1v) is 5.08. The molecule has 0 aliphatic rings. The van der Waals surface area contributed by atoms with Crippen LogP contribution in [-0.2, 0) is 9.59 Å². The summed E-state index contributed by atoms with van der Waals surface area (Å²) in [5.41, 5.74) is 10.3. The predicted molar refractivity (Wildman–Crippen MR) is 61.6 cm³/mol. The van der Waals surface area contributed by atoms with Gasteiger partial charge in [0, 0.05) is 12.6 Å². The Kier molecular flexibility index (Phi) is 7.56. The Morgan fingerprint density at radius 2 is 2.19 bits per heavy atom. The zero-order valence-electron chi connectivity index (χ0n) is 9.40. The molecular formula is C9H19N5O2. The van der Waals surface area contributed by atoms with Crippen LogP contribution in [0.3, 0.4) is 0 Å². The summed E-state index contributed by atoms with van der Waals surface area (Å²) < 4.78 is 0. The fraction of sp³-hybridized carbons (Fsp3) is 0.667. The van der Waals surface area contributed by atoms with Crippen molar-refractivity contribution in [2.75, 3.05) is 13.1 Å². The maximum atomic E-state index is 11.2. The number of hydrogen-bond donors (Lipinski definition) is 4. The monoisotopic (exact) mass is 229 g/mol. The molecule has 7 heteroatoms. The van der Waals surface area contributed by atoms with E-state index >= 15 is 0 Å². The first-order valence-electron chi connectivity index (χ1n) is 5.08. The summed E-state index contributed by atoms with van der Waals surface area (Å²) in [6, 6.07) is 0.0372. The highest BCUT2D eigenvalue weighted by Crippen LogP contribution is 1.96. The molecule has 0 bridgehead atoms. The van der Waals surface area contributed by atoms with Gasteiger partial charge in [-0.2, -0.15) is 0 Å². The number of aliphatic imine (C=N–C) groups is 1. The van der Waals surface area contributed by atoms with Crippen LogP contribution in [0.2, 0.25) is 0 Å². The zero-order chi connectivity index (χ0) is 12.4. The van der Waals surface area contributed by atoms with Crippen LogP contribution in [0.1, 0.15) is 19.8 Å². The standard InChI is InChI=1S/C9H19N5O2/c1-7(3-2-4-13-9(10)11)14-8(16)5-12-6-15/h6-7H,2-5H2,1H3,(H,12,15)(H,14,16)(H4,10,11,13). The van der Waals surface area contributed by atoms with Crippen molar-refractivity contribution in [3.05, 3.63) is 0 Å². The van der Waals surface area contributed by atoms with Crippen molar-refractivity contribution in [2.45, 2.75) is 25.8 Å². The Morgan fingerprint density at radius 1 is 1.50 bits per heavy atom. The van der Waals surface area contributed by atoms with Crippen molar-refractivity contribution < 1.29 is 9.59 Å². The molecular weight excluding hydrogens is 210 g/mol. The van der Waals surface area contributed by atoms with Crippen LogP contribution in [-0.4, -0.2) is 37.4 Å². The summed E-state index contributed by atoms with van der Waals surface area (Å²) in [7, 11) is 0. The van der Waals surface area contributed by atoms with E-state index in [1.807, 2.05) is 6.92 Å². The first kappa shape index (κ1) is 14.2. The highest BCUT2D eigenvalue weighted by molar-refractivity contribution is 5.80. The number of nitrogens with two attached hydrogens (primary N) is 2. The minimum Gasteiger partial charge on any atom is -0.370 e. The molecule has 1 atom stereocenters. The summed E-state index contributed by atoms with van der Waals surface area (Å²) in [6.07, 6.45) is 2.06. The lowest BCUT2D eigenvalue weighted by molar-refractivity contribution is -0.122. The predicted octanol–water partition coefficient (Wildman–Crippen LogP) is -1.71. The lowest BCUT2D eigenvalue weighted by Crippen LogP contribution is -2.38. The molecule has 0 saturated heterocycles. The normalized spacial score (nSPS) is 11.3. The van der Waals surface area contributed by atoms with Gasteiger partial charge in [-0.15, -0.1) is 0 Å². The third-order valence-corrected chi connectivity index (χ3v) is 1.84. The van der Waals surface area contributed by atoms with E-state index in [-0.39, 0.29) is 24.5 Å². The topological polar surface area (TPSA) is 123 Å². The number of rotatable bonds is 8. The number of nitrogens with zero attached hydrogens (tertiary/aromatic N) is 1. The van der Waals surface area contributed by atoms with E-state index in [0.717, 1.165) is 12.8 Å². The van der Waals surface area contributed by atoms with Gasteiger partial charge in [0.1, 0.15) is 0 Å². The van der Waals surface area contributed by atoms with E-state index in [9.17, 15) is 9.59 Å². The maximum absolute atomic E-state index is 11.2. The van der Waals surface area contributed by atoms with Gasteiger partial charge in [-0.05, 0) is 19.8 Å². The Balaban J connectivity index is 3.57. The van der Waals surface area contributed by atoms with Gasteiger partial charge < -0.3 is 22.1 Å².